The van der Waals surface area contributed by atoms with E-state index in [-0.39, 0.29) is 0 Å². The van der Waals surface area contributed by atoms with E-state index >= 15 is 0 Å². The Morgan fingerprint density at radius 1 is 1.17 bits per heavy atom. The smallest absolute Gasteiger partial charge is 0.416 e. The molecular formula is C14H10ClF4NO4. The van der Waals surface area contributed by atoms with E-state index in [0.717, 1.165) is 0 Å². The van der Waals surface area contributed by atoms with Crippen LogP contribution >= 0.6 is 11.6 Å². The molecule has 24 heavy (non-hydrogen) atoms. The number of halogens is 5. The molecule has 0 amide bonds. The molecule has 5 nitrogen and oxygen atoms in total. The molecule has 0 spiro atoms. The van der Waals surface area contributed by atoms with Crippen molar-refractivity contribution in [1.82, 2.24) is 0 Å². The van der Waals surface area contributed by atoms with Crippen molar-refractivity contribution in [3.63, 3.8) is 0 Å². The zero-order valence-corrected chi connectivity index (χ0v) is 13.0. The number of carbonyl (C=O) groups excluding carboxylic acids is 2. The lowest BCUT2D eigenvalue weighted by Crippen LogP contribution is -2.42. The molecule has 0 radical (unpaired) electrons. The van der Waals surface area contributed by atoms with E-state index in [0.29, 0.717) is 18.3 Å². The summed E-state index contributed by atoms with van der Waals surface area (Å²) < 4.78 is 61.5. The standard InChI is InChI=1S/C14H10ClF4NO4/c1-13(2)23-11(21)7(12(22)24-13)5-20-9-4-6(14(17,18)19)3-8(15)10(9)16/h3-5,20H,1-2H3. The summed E-state index contributed by atoms with van der Waals surface area (Å²) in [5, 5.41) is 1.32. The van der Waals surface area contributed by atoms with Crippen LogP contribution in [-0.4, -0.2) is 17.7 Å². The van der Waals surface area contributed by atoms with E-state index in [1.165, 1.54) is 13.8 Å². The summed E-state index contributed by atoms with van der Waals surface area (Å²) >= 11 is 5.42. The number of hydrogen-bond acceptors (Lipinski definition) is 5. The summed E-state index contributed by atoms with van der Waals surface area (Å²) in [7, 11) is 0. The highest BCUT2D eigenvalue weighted by Crippen LogP contribution is 2.35. The Morgan fingerprint density at radius 3 is 2.21 bits per heavy atom. The lowest BCUT2D eigenvalue weighted by atomic mass is 10.1. The first-order valence-electron chi connectivity index (χ1n) is 6.40. The molecule has 1 aromatic rings. The molecule has 0 aromatic heterocycles. The molecule has 0 bridgehead atoms. The molecule has 1 heterocycles. The maximum absolute atomic E-state index is 13.8. The topological polar surface area (TPSA) is 64.6 Å². The van der Waals surface area contributed by atoms with Gasteiger partial charge in [0.25, 0.3) is 5.79 Å². The molecular weight excluding hydrogens is 358 g/mol. The van der Waals surface area contributed by atoms with Crippen LogP contribution in [0, 0.1) is 5.82 Å². The van der Waals surface area contributed by atoms with Crippen LogP contribution in [-0.2, 0) is 25.2 Å². The molecule has 1 fully saturated rings. The number of nitrogens with one attached hydrogen (secondary N) is 1. The van der Waals surface area contributed by atoms with E-state index < -0.39 is 51.6 Å². The second kappa shape index (κ2) is 5.97. The maximum atomic E-state index is 13.8. The molecule has 10 heteroatoms. The number of rotatable bonds is 2. The summed E-state index contributed by atoms with van der Waals surface area (Å²) in [6.45, 7) is 2.64. The summed E-state index contributed by atoms with van der Waals surface area (Å²) in [5.41, 5.74) is -2.51. The third kappa shape index (κ3) is 3.78. The van der Waals surface area contributed by atoms with Gasteiger partial charge in [0.15, 0.2) is 11.4 Å². The molecule has 1 aliphatic rings. The average Bonchev–Trinajstić information content (AvgIpc) is 2.39. The van der Waals surface area contributed by atoms with E-state index in [9.17, 15) is 27.2 Å². The van der Waals surface area contributed by atoms with Crippen molar-refractivity contribution in [3.05, 3.63) is 40.3 Å². The highest BCUT2D eigenvalue weighted by atomic mass is 35.5. The van der Waals surface area contributed by atoms with Gasteiger partial charge in [0.1, 0.15) is 0 Å². The summed E-state index contributed by atoms with van der Waals surface area (Å²) in [6.07, 6.45) is -4.07. The molecule has 0 aliphatic carbocycles. The van der Waals surface area contributed by atoms with Crippen molar-refractivity contribution >= 4 is 29.2 Å². The number of anilines is 1. The van der Waals surface area contributed by atoms with Crippen molar-refractivity contribution in [3.8, 4) is 0 Å². The lowest BCUT2D eigenvalue weighted by molar-refractivity contribution is -0.222. The molecule has 1 aliphatic heterocycles. The fraction of sp³-hybridized carbons (Fsp3) is 0.286. The minimum atomic E-state index is -4.76. The third-order valence-corrected chi connectivity index (χ3v) is 3.12. The Morgan fingerprint density at radius 2 is 1.71 bits per heavy atom. The Labute approximate surface area is 138 Å². The zero-order valence-electron chi connectivity index (χ0n) is 12.3. The molecule has 0 saturated carbocycles. The van der Waals surface area contributed by atoms with Gasteiger partial charge in [-0.05, 0) is 12.1 Å². The molecule has 1 saturated heterocycles. The van der Waals surface area contributed by atoms with Crippen LogP contribution < -0.4 is 5.32 Å². The fourth-order valence-corrected chi connectivity index (χ4v) is 2.01. The first-order chi connectivity index (χ1) is 10.9. The van der Waals surface area contributed by atoms with Gasteiger partial charge in [-0.25, -0.2) is 14.0 Å². The maximum Gasteiger partial charge on any atom is 0.416 e. The van der Waals surface area contributed by atoms with Gasteiger partial charge in [-0.2, -0.15) is 13.2 Å². The van der Waals surface area contributed by atoms with Crippen LogP contribution in [0.25, 0.3) is 0 Å². The summed E-state index contributed by atoms with van der Waals surface area (Å²) in [4.78, 5) is 23.4. The van der Waals surface area contributed by atoms with Gasteiger partial charge in [0.2, 0.25) is 0 Å². The predicted octanol–water partition coefficient (Wildman–Crippen LogP) is 3.63. The molecule has 1 N–H and O–H groups in total. The SMILES string of the molecule is CC1(C)OC(=O)C(=CNc2cc(C(F)(F)F)cc(Cl)c2F)C(=O)O1. The van der Waals surface area contributed by atoms with Gasteiger partial charge in [-0.1, -0.05) is 11.6 Å². The molecule has 0 unspecified atom stereocenters. The number of esters is 2. The number of alkyl halides is 3. The number of benzene rings is 1. The summed E-state index contributed by atoms with van der Waals surface area (Å²) in [5.74, 6) is -4.79. The van der Waals surface area contributed by atoms with Crippen molar-refractivity contribution in [1.29, 1.82) is 0 Å². The normalized spacial score (nSPS) is 17.2. The van der Waals surface area contributed by atoms with E-state index in [1.54, 1.807) is 0 Å². The second-order valence-electron chi connectivity index (χ2n) is 5.20. The van der Waals surface area contributed by atoms with E-state index in [4.69, 9.17) is 21.1 Å². The van der Waals surface area contributed by atoms with Gasteiger partial charge in [-0.3, -0.25) is 0 Å². The number of hydrogen-bond donors (Lipinski definition) is 1. The third-order valence-electron chi connectivity index (χ3n) is 2.84. The van der Waals surface area contributed by atoms with Crippen LogP contribution in [0.4, 0.5) is 23.2 Å². The average molecular weight is 368 g/mol. The van der Waals surface area contributed by atoms with Crippen LogP contribution in [0.5, 0.6) is 0 Å². The first kappa shape index (κ1) is 18.1. The Bertz CT molecular complexity index is 721. The molecule has 2 rings (SSSR count). The van der Waals surface area contributed by atoms with Crippen molar-refractivity contribution in [2.45, 2.75) is 25.8 Å². The van der Waals surface area contributed by atoms with Gasteiger partial charge in [0.05, 0.1) is 16.3 Å². The van der Waals surface area contributed by atoms with Crippen LogP contribution in [0.15, 0.2) is 23.9 Å². The van der Waals surface area contributed by atoms with Gasteiger partial charge in [0, 0.05) is 20.0 Å². The fourth-order valence-electron chi connectivity index (χ4n) is 1.79. The number of cyclic esters (lactones) is 2. The van der Waals surface area contributed by atoms with Crippen molar-refractivity contribution in [2.75, 3.05) is 5.32 Å². The number of ether oxygens (including phenoxy) is 2. The van der Waals surface area contributed by atoms with Crippen LogP contribution in [0.2, 0.25) is 5.02 Å². The van der Waals surface area contributed by atoms with Crippen molar-refractivity contribution in [2.24, 2.45) is 0 Å². The lowest BCUT2D eigenvalue weighted by Gasteiger charge is -2.29. The van der Waals surface area contributed by atoms with Crippen molar-refractivity contribution < 1.29 is 36.6 Å². The van der Waals surface area contributed by atoms with E-state index in [2.05, 4.69) is 5.32 Å². The minimum Gasteiger partial charge on any atom is -0.419 e. The monoisotopic (exact) mass is 367 g/mol. The number of carbonyl (C=O) groups is 2. The van der Waals surface area contributed by atoms with Gasteiger partial charge >= 0.3 is 18.1 Å². The van der Waals surface area contributed by atoms with Crippen LogP contribution in [0.1, 0.15) is 19.4 Å². The first-order valence-corrected chi connectivity index (χ1v) is 6.78. The Kier molecular flexibility index (Phi) is 4.49. The summed E-state index contributed by atoms with van der Waals surface area (Å²) in [6, 6.07) is 0.864. The van der Waals surface area contributed by atoms with E-state index in [1.807, 2.05) is 0 Å². The largest absolute Gasteiger partial charge is 0.419 e. The van der Waals surface area contributed by atoms with Gasteiger partial charge in [-0.15, -0.1) is 0 Å². The molecule has 1 aromatic carbocycles. The predicted molar refractivity (Wildman–Crippen MR) is 74.4 cm³/mol. The highest BCUT2D eigenvalue weighted by molar-refractivity contribution is 6.31. The Hall–Kier alpha value is -2.29. The van der Waals surface area contributed by atoms with Gasteiger partial charge < -0.3 is 14.8 Å². The molecule has 130 valence electrons. The Balaban J connectivity index is 2.33. The highest BCUT2D eigenvalue weighted by Gasteiger charge is 2.39. The van der Waals surface area contributed by atoms with Crippen LogP contribution in [0.3, 0.4) is 0 Å². The zero-order chi connectivity index (χ0) is 18.3. The minimum absolute atomic E-state index is 0.418. The molecule has 0 atom stereocenters. The second-order valence-corrected chi connectivity index (χ2v) is 5.61. The quantitative estimate of drug-likeness (QED) is 0.374.